The zero-order chi connectivity index (χ0) is 23.6. The van der Waals surface area contributed by atoms with Crippen molar-refractivity contribution in [2.24, 2.45) is 0 Å². The van der Waals surface area contributed by atoms with Crippen molar-refractivity contribution >= 4 is 12.4 Å². The summed E-state index contributed by atoms with van der Waals surface area (Å²) in [5.41, 5.74) is 2.78. The highest BCUT2D eigenvalue weighted by Gasteiger charge is 2.35. The van der Waals surface area contributed by atoms with Gasteiger partial charge in [-0.05, 0) is 31.6 Å². The van der Waals surface area contributed by atoms with Crippen molar-refractivity contribution in [3.8, 4) is 0 Å². The number of unbranched alkanes of at least 4 members (excludes halogenated alkanes) is 14. The molecule has 0 aliphatic carbocycles. The van der Waals surface area contributed by atoms with Gasteiger partial charge in [-0.1, -0.05) is 164 Å². The number of hydrogen-bond donors (Lipinski definition) is 0. The molecular formula is C32H52ClN. The fourth-order valence-electron chi connectivity index (χ4n) is 5.38. The molecule has 34 heavy (non-hydrogen) atoms. The zero-order valence-corrected chi connectivity index (χ0v) is 23.3. The van der Waals surface area contributed by atoms with Gasteiger partial charge in [0.25, 0.3) is 0 Å². The van der Waals surface area contributed by atoms with Gasteiger partial charge in [0.2, 0.25) is 0 Å². The van der Waals surface area contributed by atoms with E-state index in [9.17, 15) is 0 Å². The Morgan fingerprint density at radius 1 is 0.500 bits per heavy atom. The van der Waals surface area contributed by atoms with Crippen LogP contribution in [-0.4, -0.2) is 19.0 Å². The molecule has 0 aromatic heterocycles. The highest BCUT2D eigenvalue weighted by atomic mass is 35.5. The molecule has 0 atom stereocenters. The van der Waals surface area contributed by atoms with E-state index in [0.717, 1.165) is 0 Å². The van der Waals surface area contributed by atoms with Crippen LogP contribution >= 0.6 is 12.4 Å². The van der Waals surface area contributed by atoms with Crippen LogP contribution in [0.3, 0.4) is 0 Å². The summed E-state index contributed by atoms with van der Waals surface area (Å²) < 4.78 is 0. The second kappa shape index (κ2) is 18.9. The van der Waals surface area contributed by atoms with Crippen LogP contribution in [0.2, 0.25) is 0 Å². The average Bonchev–Trinajstić information content (AvgIpc) is 2.85. The van der Waals surface area contributed by atoms with Gasteiger partial charge in [-0.15, -0.1) is 12.4 Å². The van der Waals surface area contributed by atoms with Crippen molar-refractivity contribution in [3.05, 3.63) is 71.8 Å². The summed E-state index contributed by atoms with van der Waals surface area (Å²) in [6, 6.07) is 22.2. The fourth-order valence-corrected chi connectivity index (χ4v) is 5.38. The van der Waals surface area contributed by atoms with Crippen molar-refractivity contribution in [2.75, 3.05) is 14.1 Å². The minimum Gasteiger partial charge on any atom is -0.296 e. The van der Waals surface area contributed by atoms with Gasteiger partial charge in [-0.3, -0.25) is 4.90 Å². The number of hydrogen-bond acceptors (Lipinski definition) is 1. The normalized spacial score (nSPS) is 11.5. The summed E-state index contributed by atoms with van der Waals surface area (Å²) >= 11 is 0. The molecule has 0 bridgehead atoms. The molecule has 0 aliphatic rings. The van der Waals surface area contributed by atoms with Crippen LogP contribution in [0, 0.1) is 0 Å². The van der Waals surface area contributed by atoms with Crippen molar-refractivity contribution in [1.82, 2.24) is 4.90 Å². The Hall–Kier alpha value is -1.31. The van der Waals surface area contributed by atoms with E-state index in [-0.39, 0.29) is 17.9 Å². The van der Waals surface area contributed by atoms with Crippen molar-refractivity contribution in [1.29, 1.82) is 0 Å². The van der Waals surface area contributed by atoms with Crippen LogP contribution in [-0.2, 0) is 5.54 Å². The summed E-state index contributed by atoms with van der Waals surface area (Å²) in [6.45, 7) is 2.30. The first-order valence-corrected chi connectivity index (χ1v) is 14.0. The maximum absolute atomic E-state index is 2.43. The summed E-state index contributed by atoms with van der Waals surface area (Å²) in [5, 5.41) is 0. The van der Waals surface area contributed by atoms with Gasteiger partial charge in [-0.25, -0.2) is 0 Å². The van der Waals surface area contributed by atoms with Crippen molar-refractivity contribution in [3.63, 3.8) is 0 Å². The van der Waals surface area contributed by atoms with E-state index in [1.807, 2.05) is 0 Å². The molecule has 2 aromatic carbocycles. The number of benzene rings is 2. The first-order valence-electron chi connectivity index (χ1n) is 14.0. The molecule has 2 aromatic rings. The van der Waals surface area contributed by atoms with Gasteiger partial charge in [0.05, 0.1) is 5.54 Å². The quantitative estimate of drug-likeness (QED) is 0.179. The van der Waals surface area contributed by atoms with E-state index in [1.165, 1.54) is 114 Å². The summed E-state index contributed by atoms with van der Waals surface area (Å²) in [7, 11) is 4.48. The lowest BCUT2D eigenvalue weighted by Crippen LogP contribution is -2.42. The van der Waals surface area contributed by atoms with Crippen LogP contribution in [0.1, 0.15) is 121 Å². The molecule has 0 amide bonds. The van der Waals surface area contributed by atoms with Crippen LogP contribution in [0.4, 0.5) is 0 Å². The second-order valence-electron chi connectivity index (χ2n) is 10.2. The molecule has 192 valence electrons. The molecule has 0 aliphatic heterocycles. The maximum atomic E-state index is 2.43. The van der Waals surface area contributed by atoms with Crippen LogP contribution in [0.25, 0.3) is 0 Å². The van der Waals surface area contributed by atoms with E-state index < -0.39 is 0 Å². The van der Waals surface area contributed by atoms with Crippen molar-refractivity contribution < 1.29 is 0 Å². The lowest BCUT2D eigenvalue weighted by Gasteiger charge is -2.41. The largest absolute Gasteiger partial charge is 0.296 e. The van der Waals surface area contributed by atoms with E-state index in [0.29, 0.717) is 0 Å². The predicted molar refractivity (Wildman–Crippen MR) is 154 cm³/mol. The van der Waals surface area contributed by atoms with Gasteiger partial charge in [0.15, 0.2) is 0 Å². The lowest BCUT2D eigenvalue weighted by molar-refractivity contribution is 0.180. The molecule has 2 heteroatoms. The molecule has 0 spiro atoms. The molecule has 0 fully saturated rings. The van der Waals surface area contributed by atoms with Gasteiger partial charge in [-0.2, -0.15) is 0 Å². The third-order valence-electron chi connectivity index (χ3n) is 7.41. The second-order valence-corrected chi connectivity index (χ2v) is 10.2. The summed E-state index contributed by atoms with van der Waals surface area (Å²) in [5.74, 6) is 0. The van der Waals surface area contributed by atoms with Crippen LogP contribution < -0.4 is 0 Å². The highest BCUT2D eigenvalue weighted by molar-refractivity contribution is 5.85. The van der Waals surface area contributed by atoms with E-state index in [2.05, 4.69) is 86.6 Å². The molecule has 1 nitrogen and oxygen atoms in total. The van der Waals surface area contributed by atoms with Crippen LogP contribution in [0.15, 0.2) is 60.7 Å². The molecule has 0 saturated carbocycles. The lowest BCUT2D eigenvalue weighted by atomic mass is 9.77. The smallest absolute Gasteiger partial charge is 0.0710 e. The van der Waals surface area contributed by atoms with Gasteiger partial charge >= 0.3 is 0 Å². The topological polar surface area (TPSA) is 3.24 Å². The van der Waals surface area contributed by atoms with Gasteiger partial charge in [0, 0.05) is 0 Å². The first kappa shape index (κ1) is 30.7. The predicted octanol–water partition coefficient (Wildman–Crippen LogP) is 10.2. The zero-order valence-electron chi connectivity index (χ0n) is 22.4. The molecule has 0 saturated heterocycles. The summed E-state index contributed by atoms with van der Waals surface area (Å²) in [6.07, 6.45) is 22.4. The van der Waals surface area contributed by atoms with Crippen LogP contribution in [0.5, 0.6) is 0 Å². The molecule has 0 heterocycles. The Morgan fingerprint density at radius 3 is 1.15 bits per heavy atom. The Labute approximate surface area is 218 Å². The van der Waals surface area contributed by atoms with E-state index in [4.69, 9.17) is 0 Å². The van der Waals surface area contributed by atoms with E-state index in [1.54, 1.807) is 0 Å². The molecular weight excluding hydrogens is 434 g/mol. The molecule has 0 unspecified atom stereocenters. The van der Waals surface area contributed by atoms with Gasteiger partial charge in [0.1, 0.15) is 0 Å². The Kier molecular flexibility index (Phi) is 17.1. The van der Waals surface area contributed by atoms with E-state index >= 15 is 0 Å². The number of halogens is 1. The third kappa shape index (κ3) is 10.5. The average molecular weight is 486 g/mol. The minimum atomic E-state index is -0.0426. The Morgan fingerprint density at radius 2 is 0.824 bits per heavy atom. The number of nitrogens with zero attached hydrogens (tertiary/aromatic N) is 1. The first-order chi connectivity index (χ1) is 16.2. The SMILES string of the molecule is CCCCCCCCCCCCCCCCCC(c1ccccc1)(c1ccccc1)N(C)C.Cl. The molecule has 2 rings (SSSR count). The highest BCUT2D eigenvalue weighted by Crippen LogP contribution is 2.39. The number of rotatable bonds is 19. The Balaban J connectivity index is 0.00000578. The molecule has 0 radical (unpaired) electrons. The fraction of sp³-hybridized carbons (Fsp3) is 0.625. The Bertz CT molecular complexity index is 658. The summed E-state index contributed by atoms with van der Waals surface area (Å²) in [4.78, 5) is 2.43. The third-order valence-corrected chi connectivity index (χ3v) is 7.41. The molecule has 0 N–H and O–H groups in total. The standard InChI is InChI=1S/C32H51N.ClH/c1-4-5-6-7-8-9-10-11-12-13-14-15-16-17-24-29-32(33(2)3,30-25-20-18-21-26-30)31-27-22-19-23-28-31;/h18-23,25-28H,4-17,24,29H2,1-3H3;1H. The maximum Gasteiger partial charge on any atom is 0.0710 e. The van der Waals surface area contributed by atoms with Crippen molar-refractivity contribution in [2.45, 2.75) is 115 Å². The van der Waals surface area contributed by atoms with Gasteiger partial charge < -0.3 is 0 Å². The monoisotopic (exact) mass is 485 g/mol. The minimum absolute atomic E-state index is 0.